The molecule has 2 fully saturated rings. The minimum absolute atomic E-state index is 0.258. The van der Waals surface area contributed by atoms with Crippen molar-refractivity contribution in [3.05, 3.63) is 28.8 Å². The van der Waals surface area contributed by atoms with E-state index in [0.717, 1.165) is 29.4 Å². The Bertz CT molecular complexity index is 638. The molecule has 5 atom stereocenters. The highest BCUT2D eigenvalue weighted by molar-refractivity contribution is 7.79. The monoisotopic (exact) mass is 404 g/mol. The first-order valence-corrected chi connectivity index (χ1v) is 12.5. The fourth-order valence-corrected chi connectivity index (χ4v) is 6.36. The maximum atomic E-state index is 6.05. The Morgan fingerprint density at radius 2 is 1.75 bits per heavy atom. The molecule has 2 heteroatoms. The fourth-order valence-electron chi connectivity index (χ4n) is 6.36. The van der Waals surface area contributed by atoms with Gasteiger partial charge in [-0.25, -0.2) is 0 Å². The molecular weight excluding hydrogens is 360 g/mol. The van der Waals surface area contributed by atoms with Crippen LogP contribution in [0.3, 0.4) is 0 Å². The molecule has 160 valence electrons. The van der Waals surface area contributed by atoms with E-state index in [4.69, 9.17) is 4.74 Å². The van der Waals surface area contributed by atoms with Crippen LogP contribution in [0.2, 0.25) is 0 Å². The molecule has 1 aromatic rings. The number of thiol groups is 1. The molecule has 0 bridgehead atoms. The molecule has 0 saturated heterocycles. The molecule has 0 N–H and O–H groups in total. The van der Waals surface area contributed by atoms with Crippen molar-refractivity contribution < 1.29 is 4.74 Å². The van der Waals surface area contributed by atoms with E-state index in [1.807, 2.05) is 13.8 Å². The number of benzene rings is 1. The first-order valence-electron chi connectivity index (χ1n) is 11.6. The molecule has 0 amide bonds. The molecule has 0 spiro atoms. The summed E-state index contributed by atoms with van der Waals surface area (Å²) in [5, 5.41) is 0. The highest BCUT2D eigenvalue weighted by atomic mass is 32.1. The summed E-state index contributed by atoms with van der Waals surface area (Å²) in [6, 6.07) is 4.84. The molecule has 3 aliphatic rings. The van der Waals surface area contributed by atoms with Gasteiger partial charge >= 0.3 is 0 Å². The molecular formula is C26H44OS. The lowest BCUT2D eigenvalue weighted by Gasteiger charge is -2.50. The summed E-state index contributed by atoms with van der Waals surface area (Å²) >= 11 is 3.53. The van der Waals surface area contributed by atoms with Crippen molar-refractivity contribution in [2.45, 2.75) is 99.0 Å². The summed E-state index contributed by atoms with van der Waals surface area (Å²) in [5.41, 5.74) is 5.19. The van der Waals surface area contributed by atoms with E-state index in [-0.39, 0.29) is 6.10 Å². The first-order chi connectivity index (χ1) is 13.4. The van der Waals surface area contributed by atoms with E-state index in [2.05, 4.69) is 59.4 Å². The Hall–Kier alpha value is -0.630. The predicted molar refractivity (Wildman–Crippen MR) is 127 cm³/mol. The molecule has 0 aromatic heterocycles. The maximum Gasteiger partial charge on any atom is 0.122 e. The Morgan fingerprint density at radius 1 is 1.07 bits per heavy atom. The first kappa shape index (κ1) is 23.6. The van der Waals surface area contributed by atoms with E-state index in [1.54, 1.807) is 17.4 Å². The van der Waals surface area contributed by atoms with Crippen LogP contribution in [0.5, 0.6) is 5.75 Å². The minimum atomic E-state index is 0.258. The Labute approximate surface area is 180 Å². The molecule has 0 aliphatic heterocycles. The zero-order valence-electron chi connectivity index (χ0n) is 19.6. The van der Waals surface area contributed by atoms with Gasteiger partial charge in [-0.15, -0.1) is 0 Å². The van der Waals surface area contributed by atoms with Crippen LogP contribution in [0, 0.1) is 30.1 Å². The number of aryl methyl sites for hydroxylation is 2. The van der Waals surface area contributed by atoms with Gasteiger partial charge in [0, 0.05) is 0 Å². The van der Waals surface area contributed by atoms with Crippen LogP contribution in [-0.4, -0.2) is 12.4 Å². The van der Waals surface area contributed by atoms with Gasteiger partial charge in [-0.2, -0.15) is 12.6 Å². The molecule has 1 nitrogen and oxygen atoms in total. The quantitative estimate of drug-likeness (QED) is 0.494. The van der Waals surface area contributed by atoms with Crippen molar-refractivity contribution in [3.63, 3.8) is 0 Å². The summed E-state index contributed by atoms with van der Waals surface area (Å²) in [7, 11) is 0. The second-order valence-corrected chi connectivity index (χ2v) is 9.42. The molecule has 1 aromatic carbocycles. The molecule has 2 saturated carbocycles. The molecule has 28 heavy (non-hydrogen) atoms. The molecule has 0 radical (unpaired) electrons. The molecule has 4 rings (SSSR count). The Balaban J connectivity index is 0.000000660. The second kappa shape index (κ2) is 9.92. The third-order valence-electron chi connectivity index (χ3n) is 7.86. The van der Waals surface area contributed by atoms with Gasteiger partial charge in [0.1, 0.15) is 5.75 Å². The number of rotatable bonds is 2. The van der Waals surface area contributed by atoms with Gasteiger partial charge in [0.2, 0.25) is 0 Å². The van der Waals surface area contributed by atoms with Gasteiger partial charge in [-0.3, -0.25) is 0 Å². The van der Waals surface area contributed by atoms with Crippen molar-refractivity contribution in [2.24, 2.45) is 23.2 Å². The lowest BCUT2D eigenvalue weighted by atomic mass is 9.54. The Morgan fingerprint density at radius 3 is 2.39 bits per heavy atom. The van der Waals surface area contributed by atoms with E-state index in [0.29, 0.717) is 5.41 Å². The predicted octanol–water partition coefficient (Wildman–Crippen LogP) is 7.85. The van der Waals surface area contributed by atoms with Gasteiger partial charge in [-0.05, 0) is 117 Å². The zero-order valence-corrected chi connectivity index (χ0v) is 20.5. The summed E-state index contributed by atoms with van der Waals surface area (Å²) in [5.74, 6) is 4.73. The molecule has 3 aliphatic carbocycles. The van der Waals surface area contributed by atoms with Gasteiger partial charge in [0.05, 0.1) is 6.10 Å². The van der Waals surface area contributed by atoms with Gasteiger partial charge in [-0.1, -0.05) is 33.8 Å². The normalized spacial score (nSPS) is 32.8. The number of hydrogen-bond acceptors (Lipinski definition) is 2. The van der Waals surface area contributed by atoms with Gasteiger partial charge in [0.25, 0.3) is 0 Å². The Kier molecular flexibility index (Phi) is 8.38. The summed E-state index contributed by atoms with van der Waals surface area (Å²) in [4.78, 5) is 0. The van der Waals surface area contributed by atoms with Crippen molar-refractivity contribution >= 4 is 12.6 Å². The summed E-state index contributed by atoms with van der Waals surface area (Å²) in [6.07, 6.45) is 10.4. The van der Waals surface area contributed by atoms with Crippen molar-refractivity contribution in [2.75, 3.05) is 6.26 Å². The van der Waals surface area contributed by atoms with Crippen LogP contribution in [0.1, 0.15) is 96.3 Å². The number of fused-ring (bicyclic) bond motifs is 5. The highest BCUT2D eigenvalue weighted by Crippen LogP contribution is 2.62. The average Bonchev–Trinajstić information content (AvgIpc) is 3.00. The average molecular weight is 405 g/mol. The maximum absolute atomic E-state index is 6.05. The number of ether oxygens (including phenoxy) is 1. The van der Waals surface area contributed by atoms with Crippen LogP contribution in [0.25, 0.3) is 0 Å². The van der Waals surface area contributed by atoms with Crippen LogP contribution in [0.15, 0.2) is 12.1 Å². The summed E-state index contributed by atoms with van der Waals surface area (Å²) in [6.45, 7) is 15.6. The smallest absolute Gasteiger partial charge is 0.122 e. The van der Waals surface area contributed by atoms with Crippen LogP contribution < -0.4 is 4.74 Å². The van der Waals surface area contributed by atoms with Crippen LogP contribution in [-0.2, 0) is 6.42 Å². The van der Waals surface area contributed by atoms with Crippen LogP contribution in [0.4, 0.5) is 0 Å². The summed E-state index contributed by atoms with van der Waals surface area (Å²) < 4.78 is 6.05. The third kappa shape index (κ3) is 4.27. The van der Waals surface area contributed by atoms with Gasteiger partial charge < -0.3 is 4.74 Å². The van der Waals surface area contributed by atoms with Crippen molar-refractivity contribution in [1.82, 2.24) is 0 Å². The lowest BCUT2D eigenvalue weighted by Crippen LogP contribution is -2.41. The lowest BCUT2D eigenvalue weighted by molar-refractivity contribution is 0.0336. The fraction of sp³-hybridized carbons (Fsp3) is 0.769. The second-order valence-electron chi connectivity index (χ2n) is 9.42. The minimum Gasteiger partial charge on any atom is -0.491 e. The van der Waals surface area contributed by atoms with Crippen molar-refractivity contribution in [3.8, 4) is 5.75 Å². The SMILES string of the molecule is CC.CS.Cc1cc2c(cc1OC(C)C)CCC1C2CCC2(C)C(C)CCC12. The van der Waals surface area contributed by atoms with Crippen molar-refractivity contribution in [1.29, 1.82) is 0 Å². The third-order valence-corrected chi connectivity index (χ3v) is 7.86. The zero-order chi connectivity index (χ0) is 21.1. The molecule has 0 heterocycles. The van der Waals surface area contributed by atoms with E-state index >= 15 is 0 Å². The van der Waals surface area contributed by atoms with Gasteiger partial charge in [0.15, 0.2) is 0 Å². The number of hydrogen-bond donors (Lipinski definition) is 1. The topological polar surface area (TPSA) is 9.23 Å². The van der Waals surface area contributed by atoms with E-state index in [9.17, 15) is 0 Å². The van der Waals surface area contributed by atoms with E-state index in [1.165, 1.54) is 44.1 Å². The highest BCUT2D eigenvalue weighted by Gasteiger charge is 2.53. The van der Waals surface area contributed by atoms with E-state index < -0.39 is 0 Å². The molecule has 5 unspecified atom stereocenters. The van der Waals surface area contributed by atoms with Crippen LogP contribution >= 0.6 is 12.6 Å². The standard InChI is InChI=1S/C23H34O.C2H6.CH4S/c1-14(2)24-22-13-17-7-8-19-18(20(17)12-15(22)3)10-11-23(5)16(4)6-9-21(19)23;2*1-2/h12-14,16,18-19,21H,6-11H2,1-5H3;1-2H3;2H,1H3. The largest absolute Gasteiger partial charge is 0.491 e.